The molecule has 2 aliphatic carbocycles. The van der Waals surface area contributed by atoms with E-state index in [0.29, 0.717) is 0 Å². The van der Waals surface area contributed by atoms with Gasteiger partial charge in [-0.3, -0.25) is 0 Å². The largest absolute Gasteiger partial charge is 0.0564 e. The fraction of sp³-hybridized carbons (Fsp3) is 0.700. The molecule has 0 aliphatic heterocycles. The van der Waals surface area contributed by atoms with Crippen LogP contribution in [0.3, 0.4) is 0 Å². The molecule has 2 aliphatic rings. The zero-order valence-electron chi connectivity index (χ0n) is 13.3. The summed E-state index contributed by atoms with van der Waals surface area (Å²) < 4.78 is 0. The molecule has 1 aromatic carbocycles. The lowest BCUT2D eigenvalue weighted by Crippen LogP contribution is -2.23. The van der Waals surface area contributed by atoms with Crippen LogP contribution < -0.4 is 0 Å². The molecular formula is C20H30. The van der Waals surface area contributed by atoms with Crippen molar-refractivity contribution in [1.29, 1.82) is 0 Å². The van der Waals surface area contributed by atoms with Gasteiger partial charge in [0.1, 0.15) is 0 Å². The Balaban J connectivity index is 1.60. The Hall–Kier alpha value is -0.780. The lowest BCUT2D eigenvalue weighted by molar-refractivity contribution is 0.186. The highest BCUT2D eigenvalue weighted by Crippen LogP contribution is 2.43. The number of benzene rings is 1. The van der Waals surface area contributed by atoms with Gasteiger partial charge in [0.15, 0.2) is 0 Å². The number of rotatable bonds is 2. The minimum atomic E-state index is 0.841. The van der Waals surface area contributed by atoms with Crippen molar-refractivity contribution >= 4 is 0 Å². The van der Waals surface area contributed by atoms with Gasteiger partial charge in [-0.25, -0.2) is 0 Å². The lowest BCUT2D eigenvalue weighted by Gasteiger charge is -2.36. The summed E-state index contributed by atoms with van der Waals surface area (Å²) in [6.45, 7) is 4.48. The number of aryl methyl sites for hydroxylation is 2. The van der Waals surface area contributed by atoms with E-state index in [9.17, 15) is 0 Å². The van der Waals surface area contributed by atoms with Gasteiger partial charge in [0.2, 0.25) is 0 Å². The van der Waals surface area contributed by atoms with Gasteiger partial charge in [-0.2, -0.15) is 0 Å². The predicted octanol–water partition coefficient (Wildman–Crippen LogP) is 6.16. The molecule has 1 aromatic rings. The molecule has 0 spiro atoms. The second-order valence-electron chi connectivity index (χ2n) is 7.43. The second-order valence-corrected chi connectivity index (χ2v) is 7.43. The summed E-state index contributed by atoms with van der Waals surface area (Å²) in [7, 11) is 0. The topological polar surface area (TPSA) is 0 Å². The standard InChI is InChI=1S/C20H30/c1-15-12-16(2)14-20(13-15)19-10-8-18(9-11-19)17-6-4-3-5-7-17/h12-14,17-19H,3-11H2,1-2H3. The van der Waals surface area contributed by atoms with Gasteiger partial charge in [0.25, 0.3) is 0 Å². The Bertz CT molecular complexity index is 411. The maximum atomic E-state index is 2.43. The van der Waals surface area contributed by atoms with E-state index in [1.54, 1.807) is 5.56 Å². The second kappa shape index (κ2) is 6.33. The first kappa shape index (κ1) is 14.2. The summed E-state index contributed by atoms with van der Waals surface area (Å²) in [5, 5.41) is 0. The highest BCUT2D eigenvalue weighted by molar-refractivity contribution is 5.31. The first-order valence-corrected chi connectivity index (χ1v) is 8.80. The SMILES string of the molecule is Cc1cc(C)cc(C2CCC(C3CCCCC3)CC2)c1. The van der Waals surface area contributed by atoms with E-state index in [4.69, 9.17) is 0 Å². The van der Waals surface area contributed by atoms with Gasteiger partial charge < -0.3 is 0 Å². The lowest BCUT2D eigenvalue weighted by atomic mass is 9.70. The van der Waals surface area contributed by atoms with Crippen LogP contribution in [0.15, 0.2) is 18.2 Å². The summed E-state index contributed by atoms with van der Waals surface area (Å²) in [6, 6.07) is 7.16. The van der Waals surface area contributed by atoms with Gasteiger partial charge in [0, 0.05) is 0 Å². The Kier molecular flexibility index (Phi) is 4.48. The third-order valence-corrected chi connectivity index (χ3v) is 5.80. The highest BCUT2D eigenvalue weighted by atomic mass is 14.3. The molecule has 0 radical (unpaired) electrons. The summed E-state index contributed by atoms with van der Waals surface area (Å²) in [5.74, 6) is 2.97. The molecule has 0 N–H and O–H groups in total. The van der Waals surface area contributed by atoms with Gasteiger partial charge in [0.05, 0.1) is 0 Å². The van der Waals surface area contributed by atoms with Crippen LogP contribution in [-0.2, 0) is 0 Å². The fourth-order valence-corrected chi connectivity index (χ4v) is 4.78. The number of hydrogen-bond acceptors (Lipinski definition) is 0. The van der Waals surface area contributed by atoms with Crippen molar-refractivity contribution in [2.45, 2.75) is 77.6 Å². The van der Waals surface area contributed by atoms with E-state index in [1.807, 2.05) is 0 Å². The Labute approximate surface area is 125 Å². The quantitative estimate of drug-likeness (QED) is 0.604. The highest BCUT2D eigenvalue weighted by Gasteiger charge is 2.29. The summed E-state index contributed by atoms with van der Waals surface area (Å²) in [5.41, 5.74) is 4.49. The van der Waals surface area contributed by atoms with E-state index in [1.165, 1.54) is 68.9 Å². The van der Waals surface area contributed by atoms with E-state index in [2.05, 4.69) is 32.0 Å². The first-order chi connectivity index (χ1) is 9.72. The van der Waals surface area contributed by atoms with Crippen LogP contribution in [0.2, 0.25) is 0 Å². The van der Waals surface area contributed by atoms with Crippen molar-refractivity contribution in [3.05, 3.63) is 34.9 Å². The van der Waals surface area contributed by atoms with Crippen molar-refractivity contribution in [2.75, 3.05) is 0 Å². The molecule has 0 saturated heterocycles. The fourth-order valence-electron chi connectivity index (χ4n) is 4.78. The predicted molar refractivity (Wildman–Crippen MR) is 87.2 cm³/mol. The molecule has 110 valence electrons. The monoisotopic (exact) mass is 270 g/mol. The van der Waals surface area contributed by atoms with Gasteiger partial charge in [-0.15, -0.1) is 0 Å². The minimum absolute atomic E-state index is 0.841. The van der Waals surface area contributed by atoms with Gasteiger partial charge >= 0.3 is 0 Å². The Morgan fingerprint density at radius 1 is 0.650 bits per heavy atom. The molecule has 2 saturated carbocycles. The molecule has 3 rings (SSSR count). The van der Waals surface area contributed by atoms with Crippen molar-refractivity contribution in [3.63, 3.8) is 0 Å². The zero-order valence-corrected chi connectivity index (χ0v) is 13.3. The molecular weight excluding hydrogens is 240 g/mol. The van der Waals surface area contributed by atoms with Gasteiger partial charge in [-0.05, 0) is 62.8 Å². The molecule has 2 fully saturated rings. The van der Waals surface area contributed by atoms with Crippen LogP contribution in [0, 0.1) is 25.7 Å². The third-order valence-electron chi connectivity index (χ3n) is 5.80. The molecule has 0 atom stereocenters. The molecule has 0 heterocycles. The van der Waals surface area contributed by atoms with E-state index >= 15 is 0 Å². The average Bonchev–Trinajstić information content (AvgIpc) is 2.47. The normalized spacial score (nSPS) is 28.5. The van der Waals surface area contributed by atoms with Gasteiger partial charge in [-0.1, -0.05) is 61.4 Å². The molecule has 0 amide bonds. The maximum absolute atomic E-state index is 2.43. The summed E-state index contributed by atoms with van der Waals surface area (Å²) in [6.07, 6.45) is 13.4. The Morgan fingerprint density at radius 3 is 1.80 bits per heavy atom. The first-order valence-electron chi connectivity index (χ1n) is 8.80. The minimum Gasteiger partial charge on any atom is -0.0564 e. The molecule has 0 nitrogen and oxygen atoms in total. The van der Waals surface area contributed by atoms with Crippen LogP contribution in [-0.4, -0.2) is 0 Å². The molecule has 0 heteroatoms. The van der Waals surface area contributed by atoms with E-state index in [-0.39, 0.29) is 0 Å². The van der Waals surface area contributed by atoms with E-state index < -0.39 is 0 Å². The summed E-state index contributed by atoms with van der Waals surface area (Å²) >= 11 is 0. The van der Waals surface area contributed by atoms with E-state index in [0.717, 1.165) is 17.8 Å². The molecule has 20 heavy (non-hydrogen) atoms. The molecule has 0 aromatic heterocycles. The van der Waals surface area contributed by atoms with Crippen LogP contribution in [0.25, 0.3) is 0 Å². The third kappa shape index (κ3) is 3.27. The van der Waals surface area contributed by atoms with Crippen molar-refractivity contribution in [3.8, 4) is 0 Å². The zero-order chi connectivity index (χ0) is 13.9. The number of hydrogen-bond donors (Lipinski definition) is 0. The van der Waals surface area contributed by atoms with Crippen LogP contribution >= 0.6 is 0 Å². The van der Waals surface area contributed by atoms with Crippen LogP contribution in [0.5, 0.6) is 0 Å². The van der Waals surface area contributed by atoms with Crippen molar-refractivity contribution in [2.24, 2.45) is 11.8 Å². The van der Waals surface area contributed by atoms with Crippen LogP contribution in [0.4, 0.5) is 0 Å². The van der Waals surface area contributed by atoms with Crippen molar-refractivity contribution in [1.82, 2.24) is 0 Å². The summed E-state index contributed by atoms with van der Waals surface area (Å²) in [4.78, 5) is 0. The maximum Gasteiger partial charge on any atom is -0.0162 e. The Morgan fingerprint density at radius 2 is 1.20 bits per heavy atom. The smallest absolute Gasteiger partial charge is 0.0162 e. The van der Waals surface area contributed by atoms with Crippen LogP contribution in [0.1, 0.15) is 80.4 Å². The van der Waals surface area contributed by atoms with Crippen molar-refractivity contribution < 1.29 is 0 Å². The molecule has 0 bridgehead atoms. The average molecular weight is 270 g/mol. The molecule has 0 unspecified atom stereocenters.